The standard InChI is InChI=1S/C11H16N2O2/c1-7-9(4-5-15-7)11(14)13-10(6-12)8-2-3-8/h4-5,8,10H,2-3,6,12H2,1H3,(H,13,14). The number of aryl methyl sites for hydroxylation is 1. The summed E-state index contributed by atoms with van der Waals surface area (Å²) >= 11 is 0. The van der Waals surface area contributed by atoms with Gasteiger partial charge >= 0.3 is 0 Å². The molecule has 1 aromatic rings. The number of nitrogens with one attached hydrogen (secondary N) is 1. The van der Waals surface area contributed by atoms with Gasteiger partial charge in [0, 0.05) is 12.6 Å². The Kier molecular flexibility index (Phi) is 2.77. The van der Waals surface area contributed by atoms with E-state index in [0.717, 1.165) is 0 Å². The minimum atomic E-state index is -0.0800. The van der Waals surface area contributed by atoms with Gasteiger partial charge in [0.05, 0.1) is 11.8 Å². The quantitative estimate of drug-likeness (QED) is 0.777. The molecule has 2 rings (SSSR count). The van der Waals surface area contributed by atoms with Crippen molar-refractivity contribution in [3.63, 3.8) is 0 Å². The van der Waals surface area contributed by atoms with Crippen molar-refractivity contribution in [2.45, 2.75) is 25.8 Å². The molecular formula is C11H16N2O2. The van der Waals surface area contributed by atoms with E-state index in [4.69, 9.17) is 10.2 Å². The zero-order chi connectivity index (χ0) is 10.8. The molecule has 0 saturated heterocycles. The van der Waals surface area contributed by atoms with Gasteiger partial charge in [-0.3, -0.25) is 4.79 Å². The Morgan fingerprint density at radius 1 is 1.73 bits per heavy atom. The van der Waals surface area contributed by atoms with Crippen molar-refractivity contribution >= 4 is 5.91 Å². The highest BCUT2D eigenvalue weighted by Gasteiger charge is 2.31. The molecule has 3 N–H and O–H groups in total. The Labute approximate surface area is 88.8 Å². The molecule has 1 unspecified atom stereocenters. The number of amides is 1. The average Bonchev–Trinajstić information content (AvgIpc) is 2.97. The van der Waals surface area contributed by atoms with Crippen LogP contribution in [0.25, 0.3) is 0 Å². The van der Waals surface area contributed by atoms with Crippen LogP contribution in [0.15, 0.2) is 16.7 Å². The van der Waals surface area contributed by atoms with Crippen molar-refractivity contribution in [1.82, 2.24) is 5.32 Å². The molecule has 0 radical (unpaired) electrons. The highest BCUT2D eigenvalue weighted by Crippen LogP contribution is 2.32. The van der Waals surface area contributed by atoms with Gasteiger partial charge in [0.15, 0.2) is 0 Å². The minimum Gasteiger partial charge on any atom is -0.469 e. The van der Waals surface area contributed by atoms with Crippen LogP contribution in [0, 0.1) is 12.8 Å². The maximum Gasteiger partial charge on any atom is 0.255 e. The van der Waals surface area contributed by atoms with Gasteiger partial charge in [-0.2, -0.15) is 0 Å². The summed E-state index contributed by atoms with van der Waals surface area (Å²) in [5.74, 6) is 1.15. The SMILES string of the molecule is Cc1occc1C(=O)NC(CN)C1CC1. The Balaban J connectivity index is 1.99. The molecule has 1 atom stereocenters. The van der Waals surface area contributed by atoms with E-state index in [9.17, 15) is 4.79 Å². The number of carbonyl (C=O) groups excluding carboxylic acids is 1. The molecule has 1 saturated carbocycles. The lowest BCUT2D eigenvalue weighted by Gasteiger charge is -2.15. The first-order chi connectivity index (χ1) is 7.22. The zero-order valence-electron chi connectivity index (χ0n) is 8.82. The number of carbonyl (C=O) groups is 1. The summed E-state index contributed by atoms with van der Waals surface area (Å²) in [6.07, 6.45) is 3.87. The molecule has 0 aromatic carbocycles. The predicted octanol–water partition coefficient (Wildman–Crippen LogP) is 1.06. The molecule has 15 heavy (non-hydrogen) atoms. The molecule has 1 aliphatic rings. The Hall–Kier alpha value is -1.29. The molecule has 1 fully saturated rings. The number of hydrogen-bond acceptors (Lipinski definition) is 3. The maximum atomic E-state index is 11.8. The van der Waals surface area contributed by atoms with Crippen LogP contribution in [0.1, 0.15) is 29.0 Å². The second-order valence-electron chi connectivity index (χ2n) is 4.04. The predicted molar refractivity (Wildman–Crippen MR) is 56.5 cm³/mol. The summed E-state index contributed by atoms with van der Waals surface area (Å²) in [6.45, 7) is 2.29. The second kappa shape index (κ2) is 4.06. The second-order valence-corrected chi connectivity index (χ2v) is 4.04. The van der Waals surface area contributed by atoms with E-state index in [-0.39, 0.29) is 11.9 Å². The largest absolute Gasteiger partial charge is 0.469 e. The molecule has 1 amide bonds. The first-order valence-electron chi connectivity index (χ1n) is 5.27. The zero-order valence-corrected chi connectivity index (χ0v) is 8.82. The molecule has 0 bridgehead atoms. The van der Waals surface area contributed by atoms with Crippen LogP contribution in [0.2, 0.25) is 0 Å². The summed E-state index contributed by atoms with van der Waals surface area (Å²) in [5.41, 5.74) is 6.22. The van der Waals surface area contributed by atoms with Crippen LogP contribution in [0.4, 0.5) is 0 Å². The lowest BCUT2D eigenvalue weighted by atomic mass is 10.1. The first-order valence-corrected chi connectivity index (χ1v) is 5.27. The third-order valence-electron chi connectivity index (χ3n) is 2.86. The van der Waals surface area contributed by atoms with Crippen LogP contribution in [-0.2, 0) is 0 Å². The van der Waals surface area contributed by atoms with E-state index in [2.05, 4.69) is 5.32 Å². The van der Waals surface area contributed by atoms with E-state index in [1.165, 1.54) is 19.1 Å². The third-order valence-corrected chi connectivity index (χ3v) is 2.86. The van der Waals surface area contributed by atoms with Gasteiger partial charge in [-0.1, -0.05) is 0 Å². The van der Waals surface area contributed by atoms with Crippen molar-refractivity contribution in [2.24, 2.45) is 11.7 Å². The van der Waals surface area contributed by atoms with Crippen molar-refractivity contribution in [3.8, 4) is 0 Å². The van der Waals surface area contributed by atoms with Crippen molar-refractivity contribution in [2.75, 3.05) is 6.54 Å². The van der Waals surface area contributed by atoms with Gasteiger partial charge in [0.1, 0.15) is 5.76 Å². The summed E-state index contributed by atoms with van der Waals surface area (Å²) < 4.78 is 5.08. The van der Waals surface area contributed by atoms with E-state index in [0.29, 0.717) is 23.8 Å². The molecule has 1 aromatic heterocycles. The van der Waals surface area contributed by atoms with Crippen LogP contribution >= 0.6 is 0 Å². The number of rotatable bonds is 4. The highest BCUT2D eigenvalue weighted by molar-refractivity contribution is 5.95. The average molecular weight is 208 g/mol. The molecule has 1 aliphatic carbocycles. The molecular weight excluding hydrogens is 192 g/mol. The van der Waals surface area contributed by atoms with Gasteiger partial charge in [0.2, 0.25) is 0 Å². The van der Waals surface area contributed by atoms with Crippen LogP contribution in [0.5, 0.6) is 0 Å². The molecule has 1 heterocycles. The minimum absolute atomic E-state index is 0.0800. The lowest BCUT2D eigenvalue weighted by molar-refractivity contribution is 0.0932. The van der Waals surface area contributed by atoms with E-state index < -0.39 is 0 Å². The molecule has 0 aliphatic heterocycles. The lowest BCUT2D eigenvalue weighted by Crippen LogP contribution is -2.41. The molecule has 82 valence electrons. The van der Waals surface area contributed by atoms with E-state index in [1.807, 2.05) is 0 Å². The fourth-order valence-electron chi connectivity index (χ4n) is 1.73. The van der Waals surface area contributed by atoms with Crippen LogP contribution in [-0.4, -0.2) is 18.5 Å². The van der Waals surface area contributed by atoms with Crippen molar-refractivity contribution in [1.29, 1.82) is 0 Å². The molecule has 4 heteroatoms. The smallest absolute Gasteiger partial charge is 0.255 e. The van der Waals surface area contributed by atoms with Gasteiger partial charge < -0.3 is 15.5 Å². The highest BCUT2D eigenvalue weighted by atomic mass is 16.3. The fourth-order valence-corrected chi connectivity index (χ4v) is 1.73. The van der Waals surface area contributed by atoms with Crippen LogP contribution < -0.4 is 11.1 Å². The number of nitrogens with two attached hydrogens (primary N) is 1. The summed E-state index contributed by atoms with van der Waals surface area (Å²) in [7, 11) is 0. The number of hydrogen-bond donors (Lipinski definition) is 2. The van der Waals surface area contributed by atoms with E-state index in [1.54, 1.807) is 13.0 Å². The van der Waals surface area contributed by atoms with Gasteiger partial charge in [-0.15, -0.1) is 0 Å². The number of furan rings is 1. The van der Waals surface area contributed by atoms with Gasteiger partial charge in [-0.05, 0) is 31.7 Å². The monoisotopic (exact) mass is 208 g/mol. The van der Waals surface area contributed by atoms with Crippen molar-refractivity contribution < 1.29 is 9.21 Å². The topological polar surface area (TPSA) is 68.3 Å². The third kappa shape index (κ3) is 2.21. The Morgan fingerprint density at radius 2 is 2.47 bits per heavy atom. The van der Waals surface area contributed by atoms with Crippen molar-refractivity contribution in [3.05, 3.63) is 23.7 Å². The normalized spacial score (nSPS) is 17.5. The Bertz CT molecular complexity index is 355. The first kappa shape index (κ1) is 10.2. The fraction of sp³-hybridized carbons (Fsp3) is 0.545. The van der Waals surface area contributed by atoms with E-state index >= 15 is 0 Å². The van der Waals surface area contributed by atoms with Crippen LogP contribution in [0.3, 0.4) is 0 Å². The maximum absolute atomic E-state index is 11.8. The molecule has 4 nitrogen and oxygen atoms in total. The summed E-state index contributed by atoms with van der Waals surface area (Å²) in [5, 5.41) is 2.95. The Morgan fingerprint density at radius 3 is 2.93 bits per heavy atom. The molecule has 0 spiro atoms. The van der Waals surface area contributed by atoms with Gasteiger partial charge in [0.25, 0.3) is 5.91 Å². The summed E-state index contributed by atoms with van der Waals surface area (Å²) in [6, 6.07) is 1.80. The van der Waals surface area contributed by atoms with Gasteiger partial charge in [-0.25, -0.2) is 0 Å². The summed E-state index contributed by atoms with van der Waals surface area (Å²) in [4.78, 5) is 11.8.